The first-order valence-electron chi connectivity index (χ1n) is 20.5. The molecule has 282 valence electrons. The third-order valence-corrected chi connectivity index (χ3v) is 12.6. The minimum atomic E-state index is -0.110. The summed E-state index contributed by atoms with van der Waals surface area (Å²) in [5, 5.41) is 6.50. The maximum Gasteiger partial charge on any atom is 0.228 e. The Hall–Kier alpha value is -7.69. The number of benzene rings is 8. The fraction of sp³-hybridized carbons (Fsp3) is 0.0536. The average molecular weight is 768 g/mol. The SMILES string of the molecule is CC1(C)c2ccccc2-c2ccc(-c3ccccc3-c3nc(-c4ccccc4)cc(-c4ccc(-c5nc6oc7ccccc7c6c6ccccc56)c5ccccc45)n3)cc21. The van der Waals surface area contributed by atoms with Crippen LogP contribution in [0.3, 0.4) is 0 Å². The summed E-state index contributed by atoms with van der Waals surface area (Å²) in [7, 11) is 0. The van der Waals surface area contributed by atoms with Crippen molar-refractivity contribution in [3.05, 3.63) is 199 Å². The van der Waals surface area contributed by atoms with Crippen LogP contribution in [0.1, 0.15) is 25.0 Å². The third kappa shape index (κ3) is 5.20. The Bertz CT molecular complexity index is 3530. The summed E-state index contributed by atoms with van der Waals surface area (Å²) < 4.78 is 6.40. The van der Waals surface area contributed by atoms with Gasteiger partial charge in [0.1, 0.15) is 5.58 Å². The zero-order chi connectivity index (χ0) is 40.0. The van der Waals surface area contributed by atoms with Gasteiger partial charge in [-0.15, -0.1) is 0 Å². The zero-order valence-corrected chi connectivity index (χ0v) is 33.1. The number of para-hydroxylation sites is 1. The van der Waals surface area contributed by atoms with E-state index in [0.717, 1.165) is 88.4 Å². The normalized spacial score (nSPS) is 13.0. The maximum atomic E-state index is 6.40. The second-order valence-electron chi connectivity index (χ2n) is 16.3. The summed E-state index contributed by atoms with van der Waals surface area (Å²) in [6, 6.07) is 66.5. The van der Waals surface area contributed by atoms with Gasteiger partial charge in [-0.3, -0.25) is 0 Å². The van der Waals surface area contributed by atoms with Crippen LogP contribution < -0.4 is 0 Å². The molecule has 60 heavy (non-hydrogen) atoms. The molecule has 0 bridgehead atoms. The van der Waals surface area contributed by atoms with Gasteiger partial charge in [0.05, 0.1) is 22.5 Å². The molecule has 11 aromatic rings. The fourth-order valence-electron chi connectivity index (χ4n) is 9.64. The summed E-state index contributed by atoms with van der Waals surface area (Å²) in [4.78, 5) is 16.0. The molecule has 0 atom stereocenters. The van der Waals surface area contributed by atoms with Crippen molar-refractivity contribution in [2.75, 3.05) is 0 Å². The number of aromatic nitrogens is 3. The summed E-state index contributed by atoms with van der Waals surface area (Å²) >= 11 is 0. The number of hydrogen-bond acceptors (Lipinski definition) is 4. The molecular formula is C56H37N3O. The number of pyridine rings is 1. The first-order chi connectivity index (χ1) is 29.5. The molecule has 3 heterocycles. The van der Waals surface area contributed by atoms with Crippen LogP contribution in [-0.4, -0.2) is 15.0 Å². The molecule has 4 nitrogen and oxygen atoms in total. The molecule has 0 saturated heterocycles. The number of furan rings is 1. The van der Waals surface area contributed by atoms with Crippen molar-refractivity contribution >= 4 is 43.6 Å². The van der Waals surface area contributed by atoms with Crippen molar-refractivity contribution in [3.63, 3.8) is 0 Å². The Morgan fingerprint density at radius 2 is 0.967 bits per heavy atom. The van der Waals surface area contributed by atoms with Crippen LogP contribution in [0.4, 0.5) is 0 Å². The van der Waals surface area contributed by atoms with Gasteiger partial charge >= 0.3 is 0 Å². The summed E-state index contributed by atoms with van der Waals surface area (Å²) in [5.74, 6) is 0.682. The van der Waals surface area contributed by atoms with E-state index in [1.807, 2.05) is 18.2 Å². The van der Waals surface area contributed by atoms with E-state index >= 15 is 0 Å². The molecular weight excluding hydrogens is 731 g/mol. The first kappa shape index (κ1) is 34.4. The van der Waals surface area contributed by atoms with Crippen molar-refractivity contribution in [1.29, 1.82) is 0 Å². The van der Waals surface area contributed by atoms with Gasteiger partial charge in [-0.05, 0) is 67.7 Å². The molecule has 0 N–H and O–H groups in total. The lowest BCUT2D eigenvalue weighted by Gasteiger charge is -2.22. The molecule has 1 aliphatic rings. The molecule has 0 saturated carbocycles. The summed E-state index contributed by atoms with van der Waals surface area (Å²) in [6.07, 6.45) is 0. The van der Waals surface area contributed by atoms with Crippen LogP contribution in [0, 0.1) is 0 Å². The first-order valence-corrected chi connectivity index (χ1v) is 20.5. The predicted octanol–water partition coefficient (Wildman–Crippen LogP) is 14.7. The van der Waals surface area contributed by atoms with Gasteiger partial charge in [0.25, 0.3) is 0 Å². The largest absolute Gasteiger partial charge is 0.438 e. The van der Waals surface area contributed by atoms with Gasteiger partial charge in [-0.25, -0.2) is 15.0 Å². The van der Waals surface area contributed by atoms with Crippen LogP contribution in [0.25, 0.3) is 111 Å². The van der Waals surface area contributed by atoms with E-state index in [1.54, 1.807) is 0 Å². The van der Waals surface area contributed by atoms with Crippen LogP contribution in [0.2, 0.25) is 0 Å². The molecule has 0 aliphatic heterocycles. The Morgan fingerprint density at radius 1 is 0.383 bits per heavy atom. The van der Waals surface area contributed by atoms with E-state index in [-0.39, 0.29) is 5.41 Å². The van der Waals surface area contributed by atoms with Crippen molar-refractivity contribution in [3.8, 4) is 67.4 Å². The van der Waals surface area contributed by atoms with E-state index in [2.05, 4.69) is 184 Å². The highest BCUT2D eigenvalue weighted by Crippen LogP contribution is 2.50. The van der Waals surface area contributed by atoms with Gasteiger partial charge in [0.15, 0.2) is 5.82 Å². The minimum absolute atomic E-state index is 0.110. The number of hydrogen-bond donors (Lipinski definition) is 0. The third-order valence-electron chi connectivity index (χ3n) is 12.6. The molecule has 8 aromatic carbocycles. The predicted molar refractivity (Wildman–Crippen MR) is 247 cm³/mol. The van der Waals surface area contributed by atoms with Crippen molar-refractivity contribution in [1.82, 2.24) is 15.0 Å². The van der Waals surface area contributed by atoms with Gasteiger partial charge in [0, 0.05) is 38.4 Å². The molecule has 0 fully saturated rings. The summed E-state index contributed by atoms with van der Waals surface area (Å²) in [6.45, 7) is 4.66. The standard InChI is InChI=1S/C56H37N3O/c1-56(2)47-26-14-12-21-39(47)40-29-28-35(32-48(40)56)36-18-6-11-24-45(36)54-57-49(34-16-4-3-5-17-34)33-50(58-54)41-30-31-44(38-20-8-7-19-37(38)41)53-43-23-10-9-22-42(43)52-46-25-13-15-27-51(46)60-55(52)59-53/h3-33H,1-2H3. The van der Waals surface area contributed by atoms with Crippen LogP contribution in [0.15, 0.2) is 192 Å². The second-order valence-corrected chi connectivity index (χ2v) is 16.3. The zero-order valence-electron chi connectivity index (χ0n) is 33.1. The van der Waals surface area contributed by atoms with Crippen molar-refractivity contribution < 1.29 is 4.42 Å². The highest BCUT2D eigenvalue weighted by Gasteiger charge is 2.35. The van der Waals surface area contributed by atoms with Crippen LogP contribution in [-0.2, 0) is 5.41 Å². The Kier molecular flexibility index (Phi) is 7.54. The number of nitrogens with zero attached hydrogens (tertiary/aromatic N) is 3. The van der Waals surface area contributed by atoms with E-state index < -0.39 is 0 Å². The van der Waals surface area contributed by atoms with E-state index in [4.69, 9.17) is 19.4 Å². The van der Waals surface area contributed by atoms with Gasteiger partial charge < -0.3 is 4.42 Å². The number of fused-ring (bicyclic) bond motifs is 9. The maximum absolute atomic E-state index is 6.40. The average Bonchev–Trinajstić information content (AvgIpc) is 3.80. The molecule has 0 unspecified atom stereocenters. The quantitative estimate of drug-likeness (QED) is 0.175. The fourth-order valence-corrected chi connectivity index (χ4v) is 9.64. The van der Waals surface area contributed by atoms with Crippen molar-refractivity contribution in [2.45, 2.75) is 19.3 Å². The monoisotopic (exact) mass is 767 g/mol. The van der Waals surface area contributed by atoms with Crippen molar-refractivity contribution in [2.24, 2.45) is 0 Å². The minimum Gasteiger partial charge on any atom is -0.438 e. The van der Waals surface area contributed by atoms with E-state index in [1.165, 1.54) is 22.3 Å². The second kappa shape index (κ2) is 13.2. The molecule has 12 rings (SSSR count). The number of rotatable bonds is 5. The van der Waals surface area contributed by atoms with E-state index in [0.29, 0.717) is 11.5 Å². The molecule has 4 heteroatoms. The lowest BCUT2D eigenvalue weighted by atomic mass is 9.81. The molecule has 0 amide bonds. The topological polar surface area (TPSA) is 51.8 Å². The van der Waals surface area contributed by atoms with E-state index in [9.17, 15) is 0 Å². The Labute approximate surface area is 347 Å². The molecule has 0 spiro atoms. The van der Waals surface area contributed by atoms with Gasteiger partial charge in [0.2, 0.25) is 5.71 Å². The van der Waals surface area contributed by atoms with Gasteiger partial charge in [-0.2, -0.15) is 0 Å². The Balaban J connectivity index is 1.05. The highest BCUT2D eigenvalue weighted by atomic mass is 16.3. The van der Waals surface area contributed by atoms with Gasteiger partial charge in [-0.1, -0.05) is 184 Å². The summed E-state index contributed by atoms with van der Waals surface area (Å²) in [5.41, 5.74) is 15.6. The van der Waals surface area contributed by atoms with Crippen LogP contribution >= 0.6 is 0 Å². The molecule has 3 aromatic heterocycles. The highest BCUT2D eigenvalue weighted by molar-refractivity contribution is 6.21. The lowest BCUT2D eigenvalue weighted by Crippen LogP contribution is -2.14. The Morgan fingerprint density at radius 3 is 1.78 bits per heavy atom. The molecule has 1 aliphatic carbocycles. The smallest absolute Gasteiger partial charge is 0.228 e. The van der Waals surface area contributed by atoms with Crippen LogP contribution in [0.5, 0.6) is 0 Å². The lowest BCUT2D eigenvalue weighted by molar-refractivity contribution is 0.655. The molecule has 0 radical (unpaired) electrons.